The zero-order chi connectivity index (χ0) is 28.2. The van der Waals surface area contributed by atoms with Crippen LogP contribution in [-0.2, 0) is 4.79 Å². The van der Waals surface area contributed by atoms with Crippen molar-refractivity contribution in [3.05, 3.63) is 95.7 Å². The number of amides is 4. The number of rotatable bonds is 6. The number of carboxylic acid groups (broad SMARTS) is 1. The van der Waals surface area contributed by atoms with Crippen molar-refractivity contribution in [3.8, 4) is 0 Å². The molecule has 0 bridgehead atoms. The Morgan fingerprint density at radius 3 is 2.15 bits per heavy atom. The normalized spacial score (nSPS) is 13.1. The third kappa shape index (κ3) is 5.39. The van der Waals surface area contributed by atoms with Crippen molar-refractivity contribution in [2.45, 2.75) is 0 Å². The monoisotopic (exact) mass is 539 g/mol. The zero-order valence-electron chi connectivity index (χ0n) is 21.2. The van der Waals surface area contributed by atoms with Crippen molar-refractivity contribution in [2.75, 3.05) is 36.8 Å². The number of carboxylic acids is 1. The number of aromatic nitrogens is 1. The summed E-state index contributed by atoms with van der Waals surface area (Å²) in [6, 6.07) is 19.0. The van der Waals surface area contributed by atoms with Crippen LogP contribution < -0.4 is 10.6 Å². The second-order valence-electron chi connectivity index (χ2n) is 9.18. The minimum atomic E-state index is -1.12. The van der Waals surface area contributed by atoms with E-state index in [1.54, 1.807) is 53.4 Å². The Morgan fingerprint density at radius 2 is 1.43 bits per heavy atom. The quantitative estimate of drug-likeness (QED) is 0.217. The minimum Gasteiger partial charge on any atom is -0.478 e. The zero-order valence-corrected chi connectivity index (χ0v) is 21.2. The van der Waals surface area contributed by atoms with E-state index >= 15 is 0 Å². The molecule has 0 radical (unpaired) electrons. The van der Waals surface area contributed by atoms with Gasteiger partial charge < -0.3 is 30.5 Å². The van der Waals surface area contributed by atoms with E-state index in [4.69, 9.17) is 5.11 Å². The van der Waals surface area contributed by atoms with Crippen LogP contribution >= 0.6 is 0 Å². The summed E-state index contributed by atoms with van der Waals surface area (Å²) in [5, 5.41) is 14.9. The Morgan fingerprint density at radius 1 is 0.750 bits per heavy atom. The lowest BCUT2D eigenvalue weighted by atomic mass is 10.1. The number of H-pyrrole nitrogens is 1. The van der Waals surface area contributed by atoms with Crippen LogP contribution in [0.1, 0.15) is 31.1 Å². The van der Waals surface area contributed by atoms with Crippen LogP contribution in [0.3, 0.4) is 0 Å². The van der Waals surface area contributed by atoms with Gasteiger partial charge in [0, 0.05) is 49.0 Å². The van der Waals surface area contributed by atoms with Crippen LogP contribution in [0.4, 0.5) is 16.2 Å². The highest BCUT2D eigenvalue weighted by molar-refractivity contribution is 6.45. The molecule has 4 amide bonds. The SMILES string of the molecule is O=C(Nc1cccc(C(=O)O)c1)Nc1cccc2c(C(=O)C(=O)N3CCN(C(=O)c4ccccc4)CC3)c[nH]c12. The molecule has 0 aliphatic carbocycles. The topological polar surface area (TPSA) is 152 Å². The molecule has 4 aromatic rings. The number of nitrogens with zero attached hydrogens (tertiary/aromatic N) is 2. The van der Waals surface area contributed by atoms with E-state index in [1.165, 1.54) is 29.3 Å². The molecule has 1 aliphatic heterocycles. The molecule has 1 saturated heterocycles. The molecule has 0 unspecified atom stereocenters. The van der Waals surface area contributed by atoms with Crippen molar-refractivity contribution in [3.63, 3.8) is 0 Å². The molecule has 0 saturated carbocycles. The molecule has 202 valence electrons. The third-order valence-corrected chi connectivity index (χ3v) is 6.64. The lowest BCUT2D eigenvalue weighted by molar-refractivity contribution is -0.127. The highest BCUT2D eigenvalue weighted by Gasteiger charge is 2.30. The second kappa shape index (κ2) is 11.1. The molecule has 11 nitrogen and oxygen atoms in total. The van der Waals surface area contributed by atoms with Gasteiger partial charge in [-0.05, 0) is 36.4 Å². The van der Waals surface area contributed by atoms with E-state index < -0.39 is 23.7 Å². The number of fused-ring (bicyclic) bond motifs is 1. The molecule has 0 spiro atoms. The molecular weight excluding hydrogens is 514 g/mol. The first-order chi connectivity index (χ1) is 19.3. The Bertz CT molecular complexity index is 1620. The van der Waals surface area contributed by atoms with Gasteiger partial charge in [-0.1, -0.05) is 36.4 Å². The van der Waals surface area contributed by atoms with E-state index in [2.05, 4.69) is 15.6 Å². The molecule has 2 heterocycles. The van der Waals surface area contributed by atoms with Gasteiger partial charge in [0.1, 0.15) is 0 Å². The van der Waals surface area contributed by atoms with Crippen molar-refractivity contribution >= 4 is 51.9 Å². The Balaban J connectivity index is 1.25. The van der Waals surface area contributed by atoms with Gasteiger partial charge in [-0.2, -0.15) is 0 Å². The van der Waals surface area contributed by atoms with Crippen LogP contribution in [0.5, 0.6) is 0 Å². The highest BCUT2D eigenvalue weighted by Crippen LogP contribution is 2.27. The Kier molecular flexibility index (Phi) is 7.27. The van der Waals surface area contributed by atoms with Gasteiger partial charge in [0.25, 0.3) is 17.6 Å². The van der Waals surface area contributed by atoms with Gasteiger partial charge in [0.05, 0.1) is 22.3 Å². The molecule has 11 heteroatoms. The van der Waals surface area contributed by atoms with Crippen LogP contribution in [0.15, 0.2) is 79.0 Å². The standard InChI is InChI=1S/C29H25N5O6/c35-25(27(37)34-14-12-33(13-15-34)26(36)18-6-2-1-3-7-18)22-17-30-24-21(22)10-5-11-23(24)32-29(40)31-20-9-4-8-19(16-20)28(38)39/h1-11,16-17,30H,12-15H2,(H,38,39)(H2,31,32,40). The summed E-state index contributed by atoms with van der Waals surface area (Å²) in [5.74, 6) is -2.59. The largest absolute Gasteiger partial charge is 0.478 e. The van der Waals surface area contributed by atoms with Gasteiger partial charge in [0.2, 0.25) is 0 Å². The van der Waals surface area contributed by atoms with Crippen molar-refractivity contribution in [1.82, 2.24) is 14.8 Å². The van der Waals surface area contributed by atoms with Gasteiger partial charge in [0.15, 0.2) is 0 Å². The Labute approximate surface area is 228 Å². The summed E-state index contributed by atoms with van der Waals surface area (Å²) >= 11 is 0. The number of anilines is 2. The van der Waals surface area contributed by atoms with Gasteiger partial charge >= 0.3 is 12.0 Å². The number of aromatic carboxylic acids is 1. The van der Waals surface area contributed by atoms with E-state index in [-0.39, 0.29) is 30.1 Å². The van der Waals surface area contributed by atoms with Crippen LogP contribution in [0, 0.1) is 0 Å². The molecule has 1 aromatic heterocycles. The van der Waals surface area contributed by atoms with Gasteiger partial charge in [-0.25, -0.2) is 9.59 Å². The number of Topliss-reactive ketones (excluding diaryl/α,β-unsaturated/α-hetero) is 1. The number of piperazine rings is 1. The highest BCUT2D eigenvalue weighted by atomic mass is 16.4. The fraction of sp³-hybridized carbons (Fsp3) is 0.138. The maximum Gasteiger partial charge on any atom is 0.335 e. The van der Waals surface area contributed by atoms with Crippen LogP contribution in [-0.4, -0.2) is 75.7 Å². The maximum atomic E-state index is 13.2. The van der Waals surface area contributed by atoms with Crippen molar-refractivity contribution in [1.29, 1.82) is 0 Å². The molecule has 1 aliphatic rings. The first-order valence-electron chi connectivity index (χ1n) is 12.5. The van der Waals surface area contributed by atoms with E-state index in [9.17, 15) is 24.0 Å². The average Bonchev–Trinajstić information content (AvgIpc) is 3.42. The molecule has 0 atom stereocenters. The molecule has 4 N–H and O–H groups in total. The summed E-state index contributed by atoms with van der Waals surface area (Å²) in [5.41, 5.74) is 1.88. The molecule has 40 heavy (non-hydrogen) atoms. The van der Waals surface area contributed by atoms with Crippen LogP contribution in [0.2, 0.25) is 0 Å². The number of hydrogen-bond donors (Lipinski definition) is 4. The van der Waals surface area contributed by atoms with Gasteiger partial charge in [-0.15, -0.1) is 0 Å². The molecule has 3 aromatic carbocycles. The first-order valence-corrected chi connectivity index (χ1v) is 12.5. The fourth-order valence-corrected chi connectivity index (χ4v) is 4.60. The van der Waals surface area contributed by atoms with Crippen LogP contribution in [0.25, 0.3) is 10.9 Å². The Hall–Kier alpha value is -5.45. The predicted molar refractivity (Wildman–Crippen MR) is 148 cm³/mol. The molecular formula is C29H25N5O6. The smallest absolute Gasteiger partial charge is 0.335 e. The summed E-state index contributed by atoms with van der Waals surface area (Å²) in [4.78, 5) is 68.8. The number of benzene rings is 3. The number of urea groups is 1. The summed E-state index contributed by atoms with van der Waals surface area (Å²) in [6.07, 6.45) is 1.43. The first kappa shape index (κ1) is 26.2. The molecule has 5 rings (SSSR count). The summed E-state index contributed by atoms with van der Waals surface area (Å²) in [7, 11) is 0. The van der Waals surface area contributed by atoms with Crippen molar-refractivity contribution < 1.29 is 29.1 Å². The van der Waals surface area contributed by atoms with Crippen molar-refractivity contribution in [2.24, 2.45) is 0 Å². The van der Waals surface area contributed by atoms with E-state index in [0.717, 1.165) is 0 Å². The lowest BCUT2D eigenvalue weighted by Crippen LogP contribution is -2.52. The summed E-state index contributed by atoms with van der Waals surface area (Å²) < 4.78 is 0. The van der Waals surface area contributed by atoms with E-state index in [0.29, 0.717) is 40.9 Å². The van der Waals surface area contributed by atoms with Gasteiger partial charge in [-0.3, -0.25) is 14.4 Å². The number of para-hydroxylation sites is 1. The number of nitrogens with one attached hydrogen (secondary N) is 3. The number of ketones is 1. The number of aromatic amines is 1. The minimum absolute atomic E-state index is 0.0290. The third-order valence-electron chi connectivity index (χ3n) is 6.64. The fourth-order valence-electron chi connectivity index (χ4n) is 4.60. The second-order valence-corrected chi connectivity index (χ2v) is 9.18. The molecule has 1 fully saturated rings. The predicted octanol–water partition coefficient (Wildman–Crippen LogP) is 3.68. The lowest BCUT2D eigenvalue weighted by Gasteiger charge is -2.34. The number of hydrogen-bond acceptors (Lipinski definition) is 5. The summed E-state index contributed by atoms with van der Waals surface area (Å²) in [6.45, 7) is 1.11. The maximum absolute atomic E-state index is 13.2. The van der Waals surface area contributed by atoms with E-state index in [1.807, 2.05) is 6.07 Å². The number of carbonyl (C=O) groups excluding carboxylic acids is 4. The number of carbonyl (C=O) groups is 5. The average molecular weight is 540 g/mol.